The van der Waals surface area contributed by atoms with Gasteiger partial charge in [-0.15, -0.1) is 0 Å². The first-order valence-electron chi connectivity index (χ1n) is 6.43. The van der Waals surface area contributed by atoms with Crippen molar-refractivity contribution in [2.24, 2.45) is 5.73 Å². The standard InChI is InChI=1S/C14H23N3O/c1-3-13(4-2)17(10-14(16)18)9-11-5-7-12(15)8-6-11/h5-8,13H,3-4,9-10,15H2,1-2H3,(H2,16,18). The highest BCUT2D eigenvalue weighted by Crippen LogP contribution is 2.14. The third kappa shape index (κ3) is 4.37. The Morgan fingerprint density at radius 1 is 1.22 bits per heavy atom. The summed E-state index contributed by atoms with van der Waals surface area (Å²) >= 11 is 0. The van der Waals surface area contributed by atoms with Gasteiger partial charge in [0.2, 0.25) is 5.91 Å². The van der Waals surface area contributed by atoms with Gasteiger partial charge in [0.15, 0.2) is 0 Å². The maximum absolute atomic E-state index is 11.2. The molecule has 1 aromatic carbocycles. The van der Waals surface area contributed by atoms with Crippen molar-refractivity contribution in [3.63, 3.8) is 0 Å². The fourth-order valence-corrected chi connectivity index (χ4v) is 2.18. The average molecular weight is 249 g/mol. The fourth-order valence-electron chi connectivity index (χ4n) is 2.18. The molecule has 0 saturated carbocycles. The van der Waals surface area contributed by atoms with E-state index < -0.39 is 0 Å². The van der Waals surface area contributed by atoms with Crippen molar-refractivity contribution in [2.75, 3.05) is 12.3 Å². The summed E-state index contributed by atoms with van der Waals surface area (Å²) in [6.07, 6.45) is 2.03. The Bertz CT molecular complexity index is 371. The number of hydrogen-bond donors (Lipinski definition) is 2. The smallest absolute Gasteiger partial charge is 0.231 e. The molecule has 0 aliphatic rings. The molecule has 0 saturated heterocycles. The third-order valence-corrected chi connectivity index (χ3v) is 3.18. The van der Waals surface area contributed by atoms with Crippen LogP contribution in [0, 0.1) is 0 Å². The molecule has 0 bridgehead atoms. The van der Waals surface area contributed by atoms with Crippen LogP contribution in [0.2, 0.25) is 0 Å². The predicted molar refractivity (Wildman–Crippen MR) is 74.8 cm³/mol. The van der Waals surface area contributed by atoms with Crippen molar-refractivity contribution in [1.29, 1.82) is 0 Å². The number of hydrogen-bond acceptors (Lipinski definition) is 3. The van der Waals surface area contributed by atoms with Crippen molar-refractivity contribution < 1.29 is 4.79 Å². The molecule has 0 aliphatic carbocycles. The number of rotatable bonds is 7. The number of benzene rings is 1. The van der Waals surface area contributed by atoms with Crippen LogP contribution in [0.15, 0.2) is 24.3 Å². The van der Waals surface area contributed by atoms with E-state index in [2.05, 4.69) is 18.7 Å². The number of nitrogens with two attached hydrogens (primary N) is 2. The summed E-state index contributed by atoms with van der Waals surface area (Å²) in [5, 5.41) is 0. The minimum atomic E-state index is -0.280. The van der Waals surface area contributed by atoms with Crippen molar-refractivity contribution in [1.82, 2.24) is 4.90 Å². The zero-order valence-electron chi connectivity index (χ0n) is 11.2. The average Bonchev–Trinajstić information content (AvgIpc) is 2.33. The molecule has 0 spiro atoms. The number of nitrogen functional groups attached to an aromatic ring is 1. The molecule has 1 amide bonds. The number of nitrogens with zero attached hydrogens (tertiary/aromatic N) is 1. The topological polar surface area (TPSA) is 72.3 Å². The van der Waals surface area contributed by atoms with Gasteiger partial charge in [-0.3, -0.25) is 9.69 Å². The fraction of sp³-hybridized carbons (Fsp3) is 0.500. The zero-order chi connectivity index (χ0) is 13.5. The molecule has 1 rings (SSSR count). The van der Waals surface area contributed by atoms with Crippen LogP contribution in [0.25, 0.3) is 0 Å². The van der Waals surface area contributed by atoms with Gasteiger partial charge in [0, 0.05) is 18.3 Å². The normalized spacial score (nSPS) is 11.1. The van der Waals surface area contributed by atoms with Gasteiger partial charge in [-0.2, -0.15) is 0 Å². The molecule has 0 atom stereocenters. The van der Waals surface area contributed by atoms with Crippen LogP contribution in [0.5, 0.6) is 0 Å². The van der Waals surface area contributed by atoms with E-state index >= 15 is 0 Å². The Morgan fingerprint density at radius 2 is 1.78 bits per heavy atom. The van der Waals surface area contributed by atoms with Gasteiger partial charge in [0.1, 0.15) is 0 Å². The first-order valence-corrected chi connectivity index (χ1v) is 6.43. The number of amides is 1. The molecular formula is C14H23N3O. The second-order valence-electron chi connectivity index (χ2n) is 4.58. The third-order valence-electron chi connectivity index (χ3n) is 3.18. The van der Waals surface area contributed by atoms with Gasteiger partial charge in [-0.05, 0) is 30.5 Å². The number of primary amides is 1. The van der Waals surface area contributed by atoms with Gasteiger partial charge in [-0.25, -0.2) is 0 Å². The summed E-state index contributed by atoms with van der Waals surface area (Å²) in [6.45, 7) is 5.29. The highest BCUT2D eigenvalue weighted by Gasteiger charge is 2.17. The first kappa shape index (κ1) is 14.5. The van der Waals surface area contributed by atoms with E-state index in [0.29, 0.717) is 12.6 Å². The Kier molecular flexibility index (Phi) is 5.65. The molecule has 1 aromatic rings. The first-order chi connectivity index (χ1) is 8.56. The lowest BCUT2D eigenvalue weighted by atomic mass is 10.1. The quantitative estimate of drug-likeness (QED) is 0.723. The van der Waals surface area contributed by atoms with E-state index in [-0.39, 0.29) is 5.91 Å². The molecule has 4 nitrogen and oxygen atoms in total. The minimum absolute atomic E-state index is 0.280. The minimum Gasteiger partial charge on any atom is -0.399 e. The van der Waals surface area contributed by atoms with Crippen LogP contribution in [-0.4, -0.2) is 23.4 Å². The highest BCUT2D eigenvalue weighted by atomic mass is 16.1. The van der Waals surface area contributed by atoms with E-state index in [1.54, 1.807) is 0 Å². The van der Waals surface area contributed by atoms with Crippen molar-refractivity contribution in [3.05, 3.63) is 29.8 Å². The van der Waals surface area contributed by atoms with E-state index in [1.165, 1.54) is 0 Å². The highest BCUT2D eigenvalue weighted by molar-refractivity contribution is 5.75. The van der Waals surface area contributed by atoms with Crippen LogP contribution in [0.1, 0.15) is 32.3 Å². The Hall–Kier alpha value is -1.55. The molecule has 0 aromatic heterocycles. The largest absolute Gasteiger partial charge is 0.399 e. The van der Waals surface area contributed by atoms with Gasteiger partial charge in [-0.1, -0.05) is 26.0 Å². The van der Waals surface area contributed by atoms with Gasteiger partial charge >= 0.3 is 0 Å². The SMILES string of the molecule is CCC(CC)N(CC(N)=O)Cc1ccc(N)cc1. The lowest BCUT2D eigenvalue weighted by Crippen LogP contribution is -2.40. The zero-order valence-corrected chi connectivity index (χ0v) is 11.2. The number of carbonyl (C=O) groups excluding carboxylic acids is 1. The molecule has 4 heteroatoms. The van der Waals surface area contributed by atoms with Gasteiger partial charge < -0.3 is 11.5 Å². The van der Waals surface area contributed by atoms with Crippen molar-refractivity contribution in [3.8, 4) is 0 Å². The van der Waals surface area contributed by atoms with Crippen LogP contribution in [-0.2, 0) is 11.3 Å². The van der Waals surface area contributed by atoms with E-state index in [4.69, 9.17) is 11.5 Å². The second kappa shape index (κ2) is 7.01. The number of carbonyl (C=O) groups is 1. The number of anilines is 1. The molecule has 18 heavy (non-hydrogen) atoms. The lowest BCUT2D eigenvalue weighted by molar-refractivity contribution is -0.119. The van der Waals surface area contributed by atoms with E-state index in [0.717, 1.165) is 30.6 Å². The summed E-state index contributed by atoms with van der Waals surface area (Å²) in [5.74, 6) is -0.280. The van der Waals surface area contributed by atoms with Crippen LogP contribution < -0.4 is 11.5 Å². The van der Waals surface area contributed by atoms with Gasteiger partial charge in [0.25, 0.3) is 0 Å². The molecule has 100 valence electrons. The summed E-state index contributed by atoms with van der Waals surface area (Å²) in [6, 6.07) is 8.13. The molecule has 0 heterocycles. The molecule has 0 radical (unpaired) electrons. The Labute approximate surface area is 109 Å². The lowest BCUT2D eigenvalue weighted by Gasteiger charge is -2.29. The summed E-state index contributed by atoms with van der Waals surface area (Å²) < 4.78 is 0. The molecule has 0 unspecified atom stereocenters. The van der Waals surface area contributed by atoms with Crippen LogP contribution in [0.4, 0.5) is 5.69 Å². The summed E-state index contributed by atoms with van der Waals surface area (Å²) in [7, 11) is 0. The maximum Gasteiger partial charge on any atom is 0.231 e. The summed E-state index contributed by atoms with van der Waals surface area (Å²) in [4.78, 5) is 13.3. The molecule has 4 N–H and O–H groups in total. The monoisotopic (exact) mass is 249 g/mol. The van der Waals surface area contributed by atoms with E-state index in [9.17, 15) is 4.79 Å². The van der Waals surface area contributed by atoms with Gasteiger partial charge in [0.05, 0.1) is 6.54 Å². The van der Waals surface area contributed by atoms with Crippen molar-refractivity contribution in [2.45, 2.75) is 39.3 Å². The summed E-state index contributed by atoms with van der Waals surface area (Å²) in [5.41, 5.74) is 12.9. The Balaban J connectivity index is 2.76. The van der Waals surface area contributed by atoms with E-state index in [1.807, 2.05) is 24.3 Å². The van der Waals surface area contributed by atoms with Crippen LogP contribution >= 0.6 is 0 Å². The van der Waals surface area contributed by atoms with Crippen molar-refractivity contribution >= 4 is 11.6 Å². The Morgan fingerprint density at radius 3 is 2.22 bits per heavy atom. The van der Waals surface area contributed by atoms with Crippen LogP contribution in [0.3, 0.4) is 0 Å². The molecule has 0 aliphatic heterocycles. The molecule has 0 fully saturated rings. The maximum atomic E-state index is 11.2. The molecular weight excluding hydrogens is 226 g/mol. The second-order valence-corrected chi connectivity index (χ2v) is 4.58. The predicted octanol–water partition coefficient (Wildman–Crippen LogP) is 1.74.